The zero-order chi connectivity index (χ0) is 24.5. The number of primary amides is 1. The highest BCUT2D eigenvalue weighted by Gasteiger charge is 2.29. The number of nitrogens with two attached hydrogens (primary N) is 1. The molecule has 3 N–H and O–H groups in total. The molecule has 2 aromatic heterocycles. The summed E-state index contributed by atoms with van der Waals surface area (Å²) in [6.07, 6.45) is 4.76. The molecule has 0 bridgehead atoms. The molecule has 2 heterocycles. The van der Waals surface area contributed by atoms with Crippen molar-refractivity contribution in [2.75, 3.05) is 5.32 Å². The fourth-order valence-electron chi connectivity index (χ4n) is 3.57. The first kappa shape index (κ1) is 22.3. The van der Waals surface area contributed by atoms with Crippen LogP contribution in [0.5, 0.6) is 11.5 Å². The summed E-state index contributed by atoms with van der Waals surface area (Å²) < 4.78 is 22.4. The van der Waals surface area contributed by atoms with Gasteiger partial charge >= 0.3 is 0 Å². The van der Waals surface area contributed by atoms with Gasteiger partial charge in [-0.15, -0.1) is 0 Å². The van der Waals surface area contributed by atoms with Crippen LogP contribution in [0.4, 0.5) is 10.2 Å². The van der Waals surface area contributed by atoms with E-state index in [0.29, 0.717) is 23.0 Å². The number of aromatic nitrogens is 3. The molecule has 0 radical (unpaired) electrons. The number of nitrogens with zero attached hydrogens (tertiary/aromatic N) is 3. The Labute approximate surface area is 200 Å². The van der Waals surface area contributed by atoms with E-state index in [1.807, 2.05) is 31.2 Å². The van der Waals surface area contributed by atoms with E-state index in [1.165, 1.54) is 30.6 Å². The van der Waals surface area contributed by atoms with Crippen LogP contribution in [-0.4, -0.2) is 26.3 Å². The first-order chi connectivity index (χ1) is 16.9. The Morgan fingerprint density at radius 3 is 2.57 bits per heavy atom. The quantitative estimate of drug-likeness (QED) is 0.408. The van der Waals surface area contributed by atoms with Crippen molar-refractivity contribution >= 4 is 17.6 Å². The summed E-state index contributed by atoms with van der Waals surface area (Å²) in [6, 6.07) is 15.1. The standard InChI is InChI=1S/C26H22FN5O3/c1-15-2-7-18(8-3-15)32-14-21(24(28)33)30-25(32)17-6-9-22(20(27)12-17)35-19-10-11-29-23(13-19)31-26(34)16-4-5-16/h2-3,6-14,16H,4-5H2,1H3,(H2,28,33)(H,29,31,34). The molecule has 0 spiro atoms. The van der Waals surface area contributed by atoms with Crippen LogP contribution in [-0.2, 0) is 4.79 Å². The van der Waals surface area contributed by atoms with Crippen molar-refractivity contribution in [2.24, 2.45) is 11.7 Å². The van der Waals surface area contributed by atoms with Crippen molar-refractivity contribution in [1.82, 2.24) is 14.5 Å². The van der Waals surface area contributed by atoms with Gasteiger partial charge in [-0.05, 0) is 56.2 Å². The van der Waals surface area contributed by atoms with E-state index in [2.05, 4.69) is 15.3 Å². The zero-order valence-corrected chi connectivity index (χ0v) is 18.9. The molecular formula is C26H22FN5O3. The molecule has 1 fully saturated rings. The summed E-state index contributed by atoms with van der Waals surface area (Å²) >= 11 is 0. The van der Waals surface area contributed by atoms with Crippen LogP contribution in [0.15, 0.2) is 67.0 Å². The summed E-state index contributed by atoms with van der Waals surface area (Å²) in [4.78, 5) is 32.2. The van der Waals surface area contributed by atoms with Crippen LogP contribution in [0.1, 0.15) is 28.9 Å². The average Bonchev–Trinajstić information content (AvgIpc) is 3.60. The van der Waals surface area contributed by atoms with E-state index in [0.717, 1.165) is 24.1 Å². The third-order valence-corrected chi connectivity index (χ3v) is 5.62. The Kier molecular flexibility index (Phi) is 5.74. The van der Waals surface area contributed by atoms with Crippen LogP contribution in [0.25, 0.3) is 17.1 Å². The molecule has 1 aliphatic rings. The zero-order valence-electron chi connectivity index (χ0n) is 18.9. The highest BCUT2D eigenvalue weighted by Crippen LogP contribution is 2.32. The highest BCUT2D eigenvalue weighted by molar-refractivity contribution is 5.93. The van der Waals surface area contributed by atoms with Gasteiger partial charge in [0.15, 0.2) is 11.6 Å². The predicted molar refractivity (Wildman–Crippen MR) is 128 cm³/mol. The molecule has 0 aliphatic heterocycles. The molecule has 0 atom stereocenters. The number of pyridine rings is 1. The molecule has 35 heavy (non-hydrogen) atoms. The second-order valence-corrected chi connectivity index (χ2v) is 8.41. The summed E-state index contributed by atoms with van der Waals surface area (Å²) in [6.45, 7) is 1.97. The average molecular weight is 471 g/mol. The lowest BCUT2D eigenvalue weighted by Crippen LogP contribution is -2.14. The van der Waals surface area contributed by atoms with E-state index in [1.54, 1.807) is 16.7 Å². The Hall–Kier alpha value is -4.53. The number of halogens is 1. The lowest BCUT2D eigenvalue weighted by molar-refractivity contribution is -0.117. The van der Waals surface area contributed by atoms with Gasteiger partial charge < -0.3 is 15.8 Å². The second-order valence-electron chi connectivity index (χ2n) is 8.41. The molecule has 176 valence electrons. The summed E-state index contributed by atoms with van der Waals surface area (Å²) in [5.74, 6) is -0.323. The number of benzene rings is 2. The van der Waals surface area contributed by atoms with Gasteiger partial charge in [0.05, 0.1) is 0 Å². The summed E-state index contributed by atoms with van der Waals surface area (Å²) in [7, 11) is 0. The molecule has 0 unspecified atom stereocenters. The number of hydrogen-bond acceptors (Lipinski definition) is 5. The number of ether oxygens (including phenoxy) is 1. The molecule has 4 aromatic rings. The number of carbonyl (C=O) groups is 2. The van der Waals surface area contributed by atoms with E-state index < -0.39 is 11.7 Å². The van der Waals surface area contributed by atoms with E-state index in [-0.39, 0.29) is 23.3 Å². The third kappa shape index (κ3) is 4.89. The van der Waals surface area contributed by atoms with Gasteiger partial charge in [0.2, 0.25) is 5.91 Å². The number of anilines is 1. The third-order valence-electron chi connectivity index (χ3n) is 5.62. The summed E-state index contributed by atoms with van der Waals surface area (Å²) in [5.41, 5.74) is 7.77. The Morgan fingerprint density at radius 2 is 1.89 bits per heavy atom. The normalized spacial score (nSPS) is 12.9. The maximum absolute atomic E-state index is 15.1. The predicted octanol–water partition coefficient (Wildman–Crippen LogP) is 4.62. The number of imidazole rings is 1. The topological polar surface area (TPSA) is 112 Å². The van der Waals surface area contributed by atoms with Crippen molar-refractivity contribution in [3.8, 4) is 28.6 Å². The maximum atomic E-state index is 15.1. The van der Waals surface area contributed by atoms with Crippen molar-refractivity contribution < 1.29 is 18.7 Å². The molecule has 2 amide bonds. The molecule has 2 aromatic carbocycles. The van der Waals surface area contributed by atoms with E-state index in [4.69, 9.17) is 10.5 Å². The van der Waals surface area contributed by atoms with Crippen LogP contribution in [0.3, 0.4) is 0 Å². The first-order valence-electron chi connectivity index (χ1n) is 11.1. The fraction of sp³-hybridized carbons (Fsp3) is 0.154. The van der Waals surface area contributed by atoms with Crippen LogP contribution < -0.4 is 15.8 Å². The number of aryl methyl sites for hydroxylation is 1. The number of rotatable bonds is 7. The molecule has 0 saturated heterocycles. The van der Waals surface area contributed by atoms with E-state index in [9.17, 15) is 9.59 Å². The van der Waals surface area contributed by atoms with Crippen LogP contribution in [0, 0.1) is 18.7 Å². The minimum Gasteiger partial charge on any atom is -0.454 e. The lowest BCUT2D eigenvalue weighted by atomic mass is 10.1. The number of nitrogens with one attached hydrogen (secondary N) is 1. The first-order valence-corrected chi connectivity index (χ1v) is 11.1. The minimum atomic E-state index is -0.681. The van der Waals surface area contributed by atoms with Gasteiger partial charge in [-0.3, -0.25) is 14.2 Å². The van der Waals surface area contributed by atoms with E-state index >= 15 is 4.39 Å². The number of amides is 2. The minimum absolute atomic E-state index is 0.0111. The lowest BCUT2D eigenvalue weighted by Gasteiger charge is -2.11. The van der Waals surface area contributed by atoms with Crippen molar-refractivity contribution in [3.05, 3.63) is 84.1 Å². The monoisotopic (exact) mass is 471 g/mol. The smallest absolute Gasteiger partial charge is 0.268 e. The van der Waals surface area contributed by atoms with Crippen molar-refractivity contribution in [2.45, 2.75) is 19.8 Å². The van der Waals surface area contributed by atoms with Gasteiger partial charge in [0.1, 0.15) is 23.1 Å². The Balaban J connectivity index is 1.42. The molecule has 9 heteroatoms. The second kappa shape index (κ2) is 9.02. The van der Waals surface area contributed by atoms with Crippen LogP contribution in [0.2, 0.25) is 0 Å². The van der Waals surface area contributed by atoms with Gasteiger partial charge in [0, 0.05) is 35.6 Å². The number of carbonyl (C=O) groups excluding carboxylic acids is 2. The largest absolute Gasteiger partial charge is 0.454 e. The molecular weight excluding hydrogens is 449 g/mol. The molecule has 1 saturated carbocycles. The van der Waals surface area contributed by atoms with Crippen LogP contribution >= 0.6 is 0 Å². The van der Waals surface area contributed by atoms with Gasteiger partial charge in [-0.1, -0.05) is 17.7 Å². The molecule has 5 rings (SSSR count). The van der Waals surface area contributed by atoms with Gasteiger partial charge in [-0.2, -0.15) is 0 Å². The van der Waals surface area contributed by atoms with Crippen molar-refractivity contribution in [1.29, 1.82) is 0 Å². The molecule has 8 nitrogen and oxygen atoms in total. The van der Waals surface area contributed by atoms with Crippen molar-refractivity contribution in [3.63, 3.8) is 0 Å². The Morgan fingerprint density at radius 1 is 1.11 bits per heavy atom. The van der Waals surface area contributed by atoms with Gasteiger partial charge in [0.25, 0.3) is 5.91 Å². The Bertz CT molecular complexity index is 1430. The molecule has 1 aliphatic carbocycles. The maximum Gasteiger partial charge on any atom is 0.268 e. The van der Waals surface area contributed by atoms with Gasteiger partial charge in [-0.25, -0.2) is 14.4 Å². The SMILES string of the molecule is Cc1ccc(-n2cc(C(N)=O)nc2-c2ccc(Oc3ccnc(NC(=O)C4CC4)c3)c(F)c2)cc1. The number of hydrogen-bond donors (Lipinski definition) is 2. The highest BCUT2D eigenvalue weighted by atomic mass is 19.1. The fourth-order valence-corrected chi connectivity index (χ4v) is 3.57. The summed E-state index contributed by atoms with van der Waals surface area (Å²) in [5, 5.41) is 2.74.